The summed E-state index contributed by atoms with van der Waals surface area (Å²) in [6, 6.07) is 0. The number of unbranched alkanes of at least 4 members (excludes halogenated alkanes) is 2. The number of aliphatic hydroxyl groups is 1. The summed E-state index contributed by atoms with van der Waals surface area (Å²) >= 11 is 0. The largest absolute Gasteiger partial charge is 0.396 e. The van der Waals surface area contributed by atoms with E-state index in [-0.39, 0.29) is 12.1 Å². The lowest BCUT2D eigenvalue weighted by atomic mass is 9.92. The SMILES string of the molecule is CCCCCC(C)(N)CCO. The summed E-state index contributed by atoms with van der Waals surface area (Å²) in [5.41, 5.74) is 5.76. The van der Waals surface area contributed by atoms with E-state index in [1.54, 1.807) is 0 Å². The first-order valence-electron chi connectivity index (χ1n) is 4.52. The Labute approximate surface area is 69.8 Å². The molecule has 0 fully saturated rings. The molecule has 1 unspecified atom stereocenters. The maximum Gasteiger partial charge on any atom is 0.0448 e. The van der Waals surface area contributed by atoms with E-state index in [0.717, 1.165) is 12.8 Å². The van der Waals surface area contributed by atoms with Crippen LogP contribution in [-0.4, -0.2) is 17.3 Å². The first kappa shape index (κ1) is 10.9. The second kappa shape index (κ2) is 5.56. The standard InChI is InChI=1S/C9H21NO/c1-3-4-5-6-9(2,10)7-8-11/h11H,3-8,10H2,1-2H3. The zero-order valence-electron chi connectivity index (χ0n) is 7.77. The quantitative estimate of drug-likeness (QED) is 0.579. The Morgan fingerprint density at radius 1 is 1.27 bits per heavy atom. The van der Waals surface area contributed by atoms with Crippen LogP contribution in [0.1, 0.15) is 46.0 Å². The summed E-state index contributed by atoms with van der Waals surface area (Å²) in [5, 5.41) is 8.68. The van der Waals surface area contributed by atoms with Gasteiger partial charge in [0, 0.05) is 12.1 Å². The van der Waals surface area contributed by atoms with Crippen molar-refractivity contribution in [2.45, 2.75) is 51.5 Å². The van der Waals surface area contributed by atoms with Gasteiger partial charge < -0.3 is 10.8 Å². The Balaban J connectivity index is 3.38. The molecule has 68 valence electrons. The fraction of sp³-hybridized carbons (Fsp3) is 1.00. The molecule has 0 aromatic carbocycles. The molecule has 0 amide bonds. The zero-order chi connectivity index (χ0) is 8.74. The van der Waals surface area contributed by atoms with E-state index in [0.29, 0.717) is 0 Å². The van der Waals surface area contributed by atoms with Crippen molar-refractivity contribution in [2.75, 3.05) is 6.61 Å². The van der Waals surface area contributed by atoms with Gasteiger partial charge in [0.15, 0.2) is 0 Å². The molecule has 0 saturated heterocycles. The molecule has 0 heterocycles. The normalized spacial score (nSPS) is 16.4. The van der Waals surface area contributed by atoms with Gasteiger partial charge in [-0.25, -0.2) is 0 Å². The topological polar surface area (TPSA) is 46.2 Å². The maximum absolute atomic E-state index is 8.68. The van der Waals surface area contributed by atoms with E-state index in [4.69, 9.17) is 10.8 Å². The van der Waals surface area contributed by atoms with Crippen molar-refractivity contribution in [3.05, 3.63) is 0 Å². The molecular weight excluding hydrogens is 138 g/mol. The van der Waals surface area contributed by atoms with Crippen LogP contribution in [0, 0.1) is 0 Å². The monoisotopic (exact) mass is 159 g/mol. The highest BCUT2D eigenvalue weighted by Crippen LogP contribution is 2.14. The molecular formula is C9H21NO. The molecule has 0 aliphatic heterocycles. The van der Waals surface area contributed by atoms with Gasteiger partial charge in [-0.3, -0.25) is 0 Å². The predicted molar refractivity (Wildman–Crippen MR) is 48.4 cm³/mol. The van der Waals surface area contributed by atoms with E-state index in [2.05, 4.69) is 6.92 Å². The number of rotatable bonds is 6. The van der Waals surface area contributed by atoms with Crippen LogP contribution in [0.25, 0.3) is 0 Å². The molecule has 0 bridgehead atoms. The molecule has 2 heteroatoms. The smallest absolute Gasteiger partial charge is 0.0448 e. The maximum atomic E-state index is 8.68. The van der Waals surface area contributed by atoms with Gasteiger partial charge in [-0.05, 0) is 19.8 Å². The van der Waals surface area contributed by atoms with Gasteiger partial charge in [-0.2, -0.15) is 0 Å². The van der Waals surface area contributed by atoms with Crippen LogP contribution in [0.3, 0.4) is 0 Å². The van der Waals surface area contributed by atoms with Crippen molar-refractivity contribution >= 4 is 0 Å². The molecule has 11 heavy (non-hydrogen) atoms. The van der Waals surface area contributed by atoms with Crippen molar-refractivity contribution in [1.29, 1.82) is 0 Å². The molecule has 0 aromatic heterocycles. The van der Waals surface area contributed by atoms with Gasteiger partial charge in [0.05, 0.1) is 0 Å². The molecule has 2 nitrogen and oxygen atoms in total. The highest BCUT2D eigenvalue weighted by Gasteiger charge is 2.15. The second-order valence-corrected chi connectivity index (χ2v) is 3.58. The van der Waals surface area contributed by atoms with Gasteiger partial charge in [-0.1, -0.05) is 26.2 Å². The van der Waals surface area contributed by atoms with Crippen LogP contribution in [0.15, 0.2) is 0 Å². The first-order chi connectivity index (χ1) is 5.12. The first-order valence-corrected chi connectivity index (χ1v) is 4.52. The third kappa shape index (κ3) is 6.32. The van der Waals surface area contributed by atoms with Gasteiger partial charge in [0.25, 0.3) is 0 Å². The minimum Gasteiger partial charge on any atom is -0.396 e. The van der Waals surface area contributed by atoms with Crippen LogP contribution < -0.4 is 5.73 Å². The molecule has 0 aromatic rings. The summed E-state index contributed by atoms with van der Waals surface area (Å²) in [6.07, 6.45) is 5.41. The van der Waals surface area contributed by atoms with Gasteiger partial charge in [-0.15, -0.1) is 0 Å². The van der Waals surface area contributed by atoms with Crippen LogP contribution in [0.5, 0.6) is 0 Å². The van der Waals surface area contributed by atoms with E-state index in [9.17, 15) is 0 Å². The number of aliphatic hydroxyl groups excluding tert-OH is 1. The lowest BCUT2D eigenvalue weighted by Gasteiger charge is -2.23. The molecule has 0 radical (unpaired) electrons. The van der Waals surface area contributed by atoms with Crippen LogP contribution in [0.4, 0.5) is 0 Å². The summed E-state index contributed by atoms with van der Waals surface area (Å²) in [4.78, 5) is 0. The van der Waals surface area contributed by atoms with E-state index >= 15 is 0 Å². The lowest BCUT2D eigenvalue weighted by Crippen LogP contribution is -2.36. The minimum atomic E-state index is -0.149. The summed E-state index contributed by atoms with van der Waals surface area (Å²) in [5.74, 6) is 0. The molecule has 0 aliphatic rings. The third-order valence-corrected chi connectivity index (χ3v) is 2.03. The van der Waals surface area contributed by atoms with Crippen molar-refractivity contribution < 1.29 is 5.11 Å². The van der Waals surface area contributed by atoms with Crippen LogP contribution >= 0.6 is 0 Å². The summed E-state index contributed by atoms with van der Waals surface area (Å²) in [6.45, 7) is 4.40. The molecule has 0 aliphatic carbocycles. The van der Waals surface area contributed by atoms with Crippen molar-refractivity contribution in [2.24, 2.45) is 5.73 Å². The fourth-order valence-electron chi connectivity index (χ4n) is 1.16. The minimum absolute atomic E-state index is 0.149. The summed E-state index contributed by atoms with van der Waals surface area (Å²) in [7, 11) is 0. The highest BCUT2D eigenvalue weighted by atomic mass is 16.3. The zero-order valence-corrected chi connectivity index (χ0v) is 7.77. The second-order valence-electron chi connectivity index (χ2n) is 3.58. The van der Waals surface area contributed by atoms with Crippen molar-refractivity contribution in [3.8, 4) is 0 Å². The number of nitrogens with two attached hydrogens (primary N) is 1. The number of hydrogen-bond donors (Lipinski definition) is 2. The van der Waals surface area contributed by atoms with Crippen LogP contribution in [0.2, 0.25) is 0 Å². The van der Waals surface area contributed by atoms with E-state index in [1.165, 1.54) is 19.3 Å². The molecule has 3 N–H and O–H groups in total. The molecule has 0 spiro atoms. The van der Waals surface area contributed by atoms with Crippen LogP contribution in [-0.2, 0) is 0 Å². The average molecular weight is 159 g/mol. The average Bonchev–Trinajstić information content (AvgIpc) is 1.87. The van der Waals surface area contributed by atoms with Gasteiger partial charge in [0.2, 0.25) is 0 Å². The Kier molecular flexibility index (Phi) is 5.51. The molecule has 1 atom stereocenters. The summed E-state index contributed by atoms with van der Waals surface area (Å²) < 4.78 is 0. The molecule has 0 rings (SSSR count). The fourth-order valence-corrected chi connectivity index (χ4v) is 1.16. The van der Waals surface area contributed by atoms with Gasteiger partial charge >= 0.3 is 0 Å². The Morgan fingerprint density at radius 2 is 1.91 bits per heavy atom. The molecule has 0 saturated carbocycles. The Hall–Kier alpha value is -0.0800. The Morgan fingerprint density at radius 3 is 2.36 bits per heavy atom. The van der Waals surface area contributed by atoms with Crippen molar-refractivity contribution in [3.63, 3.8) is 0 Å². The Bertz CT molecular complexity index is 91.6. The lowest BCUT2D eigenvalue weighted by molar-refractivity contribution is 0.237. The van der Waals surface area contributed by atoms with E-state index in [1.807, 2.05) is 6.92 Å². The third-order valence-electron chi connectivity index (χ3n) is 2.03. The van der Waals surface area contributed by atoms with E-state index < -0.39 is 0 Å². The predicted octanol–water partition coefficient (Wildman–Crippen LogP) is 1.67. The number of hydrogen-bond acceptors (Lipinski definition) is 2. The van der Waals surface area contributed by atoms with Gasteiger partial charge in [0.1, 0.15) is 0 Å². The highest BCUT2D eigenvalue weighted by molar-refractivity contribution is 4.77. The van der Waals surface area contributed by atoms with Crippen molar-refractivity contribution in [1.82, 2.24) is 0 Å².